The average molecular weight is 213 g/mol. The SMILES string of the molecule is C#CCC(CSC(C)CC)NCCC. The van der Waals surface area contributed by atoms with Gasteiger partial charge < -0.3 is 5.32 Å². The molecule has 1 N–H and O–H groups in total. The zero-order valence-corrected chi connectivity index (χ0v) is 10.5. The van der Waals surface area contributed by atoms with E-state index in [2.05, 4.69) is 32.0 Å². The van der Waals surface area contributed by atoms with Crippen LogP contribution in [0.15, 0.2) is 0 Å². The number of nitrogens with one attached hydrogen (secondary N) is 1. The van der Waals surface area contributed by atoms with Crippen molar-refractivity contribution in [2.75, 3.05) is 12.3 Å². The van der Waals surface area contributed by atoms with Crippen LogP contribution < -0.4 is 5.32 Å². The monoisotopic (exact) mass is 213 g/mol. The molecule has 0 saturated carbocycles. The van der Waals surface area contributed by atoms with Crippen molar-refractivity contribution in [1.82, 2.24) is 5.32 Å². The van der Waals surface area contributed by atoms with Crippen LogP contribution in [0.4, 0.5) is 0 Å². The van der Waals surface area contributed by atoms with Gasteiger partial charge >= 0.3 is 0 Å². The molecule has 0 rings (SSSR count). The Morgan fingerprint density at radius 2 is 2.14 bits per heavy atom. The van der Waals surface area contributed by atoms with E-state index < -0.39 is 0 Å². The summed E-state index contributed by atoms with van der Waals surface area (Å²) in [6, 6.07) is 0.499. The smallest absolute Gasteiger partial charge is 0.0267 e. The van der Waals surface area contributed by atoms with Crippen molar-refractivity contribution in [3.8, 4) is 12.3 Å². The van der Waals surface area contributed by atoms with E-state index in [0.29, 0.717) is 6.04 Å². The summed E-state index contributed by atoms with van der Waals surface area (Å²) in [6.45, 7) is 7.76. The quantitative estimate of drug-likeness (QED) is 0.622. The molecule has 0 aliphatic carbocycles. The summed E-state index contributed by atoms with van der Waals surface area (Å²) in [6.07, 6.45) is 8.60. The lowest BCUT2D eigenvalue weighted by Gasteiger charge is -2.17. The van der Waals surface area contributed by atoms with Crippen LogP contribution in [0.1, 0.15) is 40.0 Å². The van der Waals surface area contributed by atoms with Crippen molar-refractivity contribution in [2.24, 2.45) is 0 Å². The summed E-state index contributed by atoms with van der Waals surface area (Å²) in [5.74, 6) is 3.88. The zero-order chi connectivity index (χ0) is 10.8. The molecule has 0 saturated heterocycles. The molecule has 0 aliphatic heterocycles. The molecule has 2 atom stereocenters. The Bertz CT molecular complexity index is 162. The van der Waals surface area contributed by atoms with E-state index >= 15 is 0 Å². The summed E-state index contributed by atoms with van der Waals surface area (Å²) in [7, 11) is 0. The third-order valence-corrected chi connectivity index (χ3v) is 3.70. The lowest BCUT2D eigenvalue weighted by Crippen LogP contribution is -2.32. The molecule has 0 aliphatic rings. The lowest BCUT2D eigenvalue weighted by atomic mass is 10.2. The van der Waals surface area contributed by atoms with Gasteiger partial charge in [0, 0.05) is 23.5 Å². The molecule has 0 aromatic heterocycles. The normalized spacial score (nSPS) is 14.7. The second kappa shape index (κ2) is 9.43. The van der Waals surface area contributed by atoms with Gasteiger partial charge in [-0.05, 0) is 19.4 Å². The lowest BCUT2D eigenvalue weighted by molar-refractivity contribution is 0.562. The highest BCUT2D eigenvalue weighted by molar-refractivity contribution is 7.99. The zero-order valence-electron chi connectivity index (χ0n) is 9.68. The molecule has 2 heteroatoms. The topological polar surface area (TPSA) is 12.0 Å². The number of hydrogen-bond acceptors (Lipinski definition) is 2. The van der Waals surface area contributed by atoms with Gasteiger partial charge in [-0.25, -0.2) is 0 Å². The molecule has 0 bridgehead atoms. The third-order valence-electron chi connectivity index (χ3n) is 2.20. The standard InChI is InChI=1S/C12H23NS/c1-5-8-12(13-9-6-2)10-14-11(4)7-3/h1,11-13H,6-10H2,2-4H3. The Balaban J connectivity index is 3.67. The maximum absolute atomic E-state index is 5.34. The molecule has 0 aromatic carbocycles. The predicted molar refractivity (Wildman–Crippen MR) is 67.7 cm³/mol. The van der Waals surface area contributed by atoms with Gasteiger partial charge in [-0.1, -0.05) is 20.8 Å². The highest BCUT2D eigenvalue weighted by Crippen LogP contribution is 2.15. The molecule has 82 valence electrons. The van der Waals surface area contributed by atoms with E-state index in [-0.39, 0.29) is 0 Å². The first-order chi connectivity index (χ1) is 6.74. The van der Waals surface area contributed by atoms with Gasteiger partial charge in [0.05, 0.1) is 0 Å². The molecule has 0 spiro atoms. The molecule has 0 amide bonds. The Hall–Kier alpha value is -0.130. The van der Waals surface area contributed by atoms with Gasteiger partial charge in [0.25, 0.3) is 0 Å². The van der Waals surface area contributed by atoms with Gasteiger partial charge in [-0.2, -0.15) is 11.8 Å². The molecular weight excluding hydrogens is 190 g/mol. The maximum atomic E-state index is 5.34. The molecule has 1 nitrogen and oxygen atoms in total. The fourth-order valence-electron chi connectivity index (χ4n) is 1.08. The minimum atomic E-state index is 0.499. The van der Waals surface area contributed by atoms with Gasteiger partial charge in [0.2, 0.25) is 0 Å². The first-order valence-electron chi connectivity index (χ1n) is 5.53. The van der Waals surface area contributed by atoms with Gasteiger partial charge in [-0.3, -0.25) is 0 Å². The highest BCUT2D eigenvalue weighted by Gasteiger charge is 2.08. The van der Waals surface area contributed by atoms with E-state index in [0.717, 1.165) is 24.0 Å². The third kappa shape index (κ3) is 7.29. The van der Waals surface area contributed by atoms with Crippen molar-refractivity contribution in [3.63, 3.8) is 0 Å². The summed E-state index contributed by atoms with van der Waals surface area (Å²) >= 11 is 2.02. The molecule has 0 aromatic rings. The van der Waals surface area contributed by atoms with E-state index in [9.17, 15) is 0 Å². The number of terminal acetylenes is 1. The fraction of sp³-hybridized carbons (Fsp3) is 0.833. The number of thioether (sulfide) groups is 1. The molecule has 2 unspecified atom stereocenters. The van der Waals surface area contributed by atoms with Crippen molar-refractivity contribution >= 4 is 11.8 Å². The Morgan fingerprint density at radius 1 is 1.43 bits per heavy atom. The van der Waals surface area contributed by atoms with Crippen LogP contribution in [0, 0.1) is 12.3 Å². The largest absolute Gasteiger partial charge is 0.312 e. The highest BCUT2D eigenvalue weighted by atomic mass is 32.2. The minimum Gasteiger partial charge on any atom is -0.312 e. The van der Waals surface area contributed by atoms with Gasteiger partial charge in [-0.15, -0.1) is 12.3 Å². The van der Waals surface area contributed by atoms with Crippen LogP contribution in [0.2, 0.25) is 0 Å². The van der Waals surface area contributed by atoms with Crippen molar-refractivity contribution in [2.45, 2.75) is 51.3 Å². The van der Waals surface area contributed by atoms with Crippen molar-refractivity contribution in [1.29, 1.82) is 0 Å². The summed E-state index contributed by atoms with van der Waals surface area (Å²) in [4.78, 5) is 0. The van der Waals surface area contributed by atoms with Crippen molar-refractivity contribution in [3.05, 3.63) is 0 Å². The Morgan fingerprint density at radius 3 is 2.64 bits per heavy atom. The first-order valence-corrected chi connectivity index (χ1v) is 6.57. The van der Waals surface area contributed by atoms with E-state index in [1.807, 2.05) is 11.8 Å². The second-order valence-electron chi connectivity index (χ2n) is 3.61. The molecule has 0 fully saturated rings. The number of hydrogen-bond donors (Lipinski definition) is 1. The van der Waals surface area contributed by atoms with E-state index in [4.69, 9.17) is 6.42 Å². The summed E-state index contributed by atoms with van der Waals surface area (Å²) in [5.41, 5.74) is 0. The van der Waals surface area contributed by atoms with Gasteiger partial charge in [0.15, 0.2) is 0 Å². The van der Waals surface area contributed by atoms with E-state index in [1.165, 1.54) is 12.8 Å². The van der Waals surface area contributed by atoms with Crippen LogP contribution in [0.5, 0.6) is 0 Å². The van der Waals surface area contributed by atoms with E-state index in [1.54, 1.807) is 0 Å². The molecular formula is C12H23NS. The second-order valence-corrected chi connectivity index (χ2v) is 5.08. The minimum absolute atomic E-state index is 0.499. The van der Waals surface area contributed by atoms with Crippen molar-refractivity contribution < 1.29 is 0 Å². The van der Waals surface area contributed by atoms with Crippen LogP contribution in [-0.4, -0.2) is 23.6 Å². The summed E-state index contributed by atoms with van der Waals surface area (Å²) < 4.78 is 0. The Labute approximate surface area is 93.4 Å². The Kier molecular flexibility index (Phi) is 9.34. The molecule has 14 heavy (non-hydrogen) atoms. The fourth-order valence-corrected chi connectivity index (χ4v) is 2.11. The van der Waals surface area contributed by atoms with Crippen LogP contribution in [-0.2, 0) is 0 Å². The van der Waals surface area contributed by atoms with Crippen LogP contribution >= 0.6 is 11.8 Å². The number of rotatable bonds is 8. The molecule has 0 radical (unpaired) electrons. The predicted octanol–water partition coefficient (Wildman–Crippen LogP) is 2.91. The van der Waals surface area contributed by atoms with Gasteiger partial charge in [0.1, 0.15) is 0 Å². The average Bonchev–Trinajstić information content (AvgIpc) is 2.21. The van der Waals surface area contributed by atoms with Crippen LogP contribution in [0.3, 0.4) is 0 Å². The maximum Gasteiger partial charge on any atom is 0.0267 e. The summed E-state index contributed by atoms with van der Waals surface area (Å²) in [5, 5.41) is 4.24. The first kappa shape index (κ1) is 13.9. The molecule has 0 heterocycles. The van der Waals surface area contributed by atoms with Crippen LogP contribution in [0.25, 0.3) is 0 Å².